The van der Waals surface area contributed by atoms with E-state index in [9.17, 15) is 0 Å². The summed E-state index contributed by atoms with van der Waals surface area (Å²) in [7, 11) is 0. The van der Waals surface area contributed by atoms with E-state index in [1.165, 1.54) is 38.5 Å². The molecule has 1 rings (SSSR count). The van der Waals surface area contributed by atoms with Crippen LogP contribution in [-0.2, 0) is 0 Å². The monoisotopic (exact) mass is 169 g/mol. The molecule has 1 fully saturated rings. The van der Waals surface area contributed by atoms with Crippen molar-refractivity contribution in [3.05, 3.63) is 0 Å². The minimum atomic E-state index is 0.876. The number of oxime groups is 1. The van der Waals surface area contributed by atoms with Crippen LogP contribution in [0.5, 0.6) is 0 Å². The Labute approximate surface area is 74.7 Å². The minimum absolute atomic E-state index is 0.876. The van der Waals surface area contributed by atoms with Gasteiger partial charge in [0.15, 0.2) is 0 Å². The average Bonchev–Trinajstić information content (AvgIpc) is 2.16. The zero-order valence-electron chi connectivity index (χ0n) is 7.92. The van der Waals surface area contributed by atoms with Gasteiger partial charge in [-0.25, -0.2) is 0 Å². The lowest BCUT2D eigenvalue weighted by atomic mass is 9.86. The molecular formula is C10H19NO. The first kappa shape index (κ1) is 9.56. The third-order valence-corrected chi connectivity index (χ3v) is 2.81. The first-order chi connectivity index (χ1) is 5.83. The fourth-order valence-corrected chi connectivity index (χ4v) is 1.94. The first-order valence-electron chi connectivity index (χ1n) is 5.00. The molecule has 12 heavy (non-hydrogen) atoms. The molecule has 1 aliphatic rings. The summed E-state index contributed by atoms with van der Waals surface area (Å²) in [5.41, 5.74) is 0.876. The van der Waals surface area contributed by atoms with Crippen molar-refractivity contribution in [2.24, 2.45) is 11.1 Å². The summed E-state index contributed by atoms with van der Waals surface area (Å²) in [6, 6.07) is 0. The zero-order valence-corrected chi connectivity index (χ0v) is 7.92. The van der Waals surface area contributed by atoms with E-state index in [1.807, 2.05) is 6.92 Å². The predicted octanol–water partition coefficient (Wildman–Crippen LogP) is 3.20. The second kappa shape index (κ2) is 5.18. The second-order valence-corrected chi connectivity index (χ2v) is 3.88. The molecule has 0 atom stereocenters. The molecule has 0 aromatic heterocycles. The number of hydrogen-bond acceptors (Lipinski definition) is 2. The van der Waals surface area contributed by atoms with Crippen molar-refractivity contribution in [2.75, 3.05) is 0 Å². The van der Waals surface area contributed by atoms with Crippen LogP contribution in [0.15, 0.2) is 5.16 Å². The maximum Gasteiger partial charge on any atom is 0.0540 e. The molecule has 0 bridgehead atoms. The predicted molar refractivity (Wildman–Crippen MR) is 50.7 cm³/mol. The molecule has 0 saturated heterocycles. The fourth-order valence-electron chi connectivity index (χ4n) is 1.94. The van der Waals surface area contributed by atoms with Crippen molar-refractivity contribution in [3.8, 4) is 0 Å². The van der Waals surface area contributed by atoms with Crippen molar-refractivity contribution in [2.45, 2.75) is 51.9 Å². The standard InChI is InChI=1S/C10H19NO/c1-9(11-12)7-8-10-5-3-2-4-6-10/h10,12H,2-8H2,1H3/b11-9+. The van der Waals surface area contributed by atoms with E-state index in [1.54, 1.807) is 0 Å². The van der Waals surface area contributed by atoms with Crippen LogP contribution in [0.25, 0.3) is 0 Å². The van der Waals surface area contributed by atoms with E-state index in [-0.39, 0.29) is 0 Å². The third kappa shape index (κ3) is 3.24. The van der Waals surface area contributed by atoms with E-state index in [4.69, 9.17) is 5.21 Å². The molecule has 0 amide bonds. The smallest absolute Gasteiger partial charge is 0.0540 e. The highest BCUT2D eigenvalue weighted by Crippen LogP contribution is 2.27. The van der Waals surface area contributed by atoms with Crippen molar-refractivity contribution in [3.63, 3.8) is 0 Å². The summed E-state index contributed by atoms with van der Waals surface area (Å²) >= 11 is 0. The van der Waals surface area contributed by atoms with Gasteiger partial charge in [0.05, 0.1) is 5.71 Å². The summed E-state index contributed by atoms with van der Waals surface area (Å²) in [5.74, 6) is 0.899. The fraction of sp³-hybridized carbons (Fsp3) is 0.900. The van der Waals surface area contributed by atoms with Crippen molar-refractivity contribution < 1.29 is 5.21 Å². The first-order valence-corrected chi connectivity index (χ1v) is 5.00. The molecular weight excluding hydrogens is 150 g/mol. The average molecular weight is 169 g/mol. The van der Waals surface area contributed by atoms with Gasteiger partial charge in [-0.2, -0.15) is 0 Å². The van der Waals surface area contributed by atoms with Crippen LogP contribution in [0.4, 0.5) is 0 Å². The third-order valence-electron chi connectivity index (χ3n) is 2.81. The molecule has 0 spiro atoms. The Kier molecular flexibility index (Phi) is 4.12. The lowest BCUT2D eigenvalue weighted by Crippen LogP contribution is -2.07. The van der Waals surface area contributed by atoms with Crippen molar-refractivity contribution >= 4 is 5.71 Å². The lowest BCUT2D eigenvalue weighted by molar-refractivity contribution is 0.313. The molecule has 2 heteroatoms. The van der Waals surface area contributed by atoms with Gasteiger partial charge in [0.1, 0.15) is 0 Å². The van der Waals surface area contributed by atoms with Gasteiger partial charge in [-0.3, -0.25) is 0 Å². The van der Waals surface area contributed by atoms with Crippen molar-refractivity contribution in [1.82, 2.24) is 0 Å². The van der Waals surface area contributed by atoms with Gasteiger partial charge in [-0.05, 0) is 25.7 Å². The normalized spacial score (nSPS) is 21.2. The molecule has 1 N–H and O–H groups in total. The summed E-state index contributed by atoms with van der Waals surface area (Å²) in [5, 5.41) is 11.6. The molecule has 0 aliphatic heterocycles. The Bertz CT molecular complexity index is 148. The van der Waals surface area contributed by atoms with Crippen LogP contribution in [-0.4, -0.2) is 10.9 Å². The number of rotatable bonds is 3. The topological polar surface area (TPSA) is 32.6 Å². The number of nitrogens with zero attached hydrogens (tertiary/aromatic N) is 1. The largest absolute Gasteiger partial charge is 0.411 e. The minimum Gasteiger partial charge on any atom is -0.411 e. The van der Waals surface area contributed by atoms with Crippen molar-refractivity contribution in [1.29, 1.82) is 0 Å². The van der Waals surface area contributed by atoms with Gasteiger partial charge in [0.2, 0.25) is 0 Å². The Morgan fingerprint density at radius 2 is 2.00 bits per heavy atom. The van der Waals surface area contributed by atoms with Crippen LogP contribution in [0, 0.1) is 5.92 Å². The molecule has 0 aromatic carbocycles. The molecule has 1 aliphatic carbocycles. The molecule has 2 nitrogen and oxygen atoms in total. The summed E-state index contributed by atoms with van der Waals surface area (Å²) < 4.78 is 0. The van der Waals surface area contributed by atoms with E-state index in [0.717, 1.165) is 18.1 Å². The van der Waals surface area contributed by atoms with Crippen LogP contribution in [0.2, 0.25) is 0 Å². The maximum atomic E-state index is 8.45. The van der Waals surface area contributed by atoms with Crippen LogP contribution in [0.1, 0.15) is 51.9 Å². The molecule has 0 unspecified atom stereocenters. The van der Waals surface area contributed by atoms with E-state index >= 15 is 0 Å². The Morgan fingerprint density at radius 3 is 2.58 bits per heavy atom. The van der Waals surface area contributed by atoms with E-state index < -0.39 is 0 Å². The second-order valence-electron chi connectivity index (χ2n) is 3.88. The Balaban J connectivity index is 2.13. The van der Waals surface area contributed by atoms with Gasteiger partial charge >= 0.3 is 0 Å². The maximum absolute atomic E-state index is 8.45. The van der Waals surface area contributed by atoms with Gasteiger partial charge in [0.25, 0.3) is 0 Å². The van der Waals surface area contributed by atoms with Gasteiger partial charge in [0, 0.05) is 0 Å². The number of hydrogen-bond donors (Lipinski definition) is 1. The Morgan fingerprint density at radius 1 is 1.33 bits per heavy atom. The SMILES string of the molecule is C/C(CCC1CCCCC1)=N\O. The van der Waals surface area contributed by atoms with E-state index in [2.05, 4.69) is 5.16 Å². The van der Waals surface area contributed by atoms with Gasteiger partial charge in [-0.1, -0.05) is 37.3 Å². The summed E-state index contributed by atoms with van der Waals surface area (Å²) in [4.78, 5) is 0. The molecule has 0 radical (unpaired) electrons. The van der Waals surface area contributed by atoms with E-state index in [0.29, 0.717) is 0 Å². The van der Waals surface area contributed by atoms with Gasteiger partial charge < -0.3 is 5.21 Å². The molecule has 0 heterocycles. The summed E-state index contributed by atoms with van der Waals surface area (Å²) in [6.45, 7) is 1.89. The highest BCUT2D eigenvalue weighted by molar-refractivity contribution is 5.81. The van der Waals surface area contributed by atoms with Crippen LogP contribution >= 0.6 is 0 Å². The zero-order chi connectivity index (χ0) is 8.81. The molecule has 0 aromatic rings. The van der Waals surface area contributed by atoms with Gasteiger partial charge in [-0.15, -0.1) is 0 Å². The highest BCUT2D eigenvalue weighted by atomic mass is 16.4. The quantitative estimate of drug-likeness (QED) is 0.393. The van der Waals surface area contributed by atoms with Crippen LogP contribution in [0.3, 0.4) is 0 Å². The molecule has 70 valence electrons. The lowest BCUT2D eigenvalue weighted by Gasteiger charge is -2.20. The summed E-state index contributed by atoms with van der Waals surface area (Å²) in [6.07, 6.45) is 9.19. The Hall–Kier alpha value is -0.530. The molecule has 1 saturated carbocycles. The highest BCUT2D eigenvalue weighted by Gasteiger charge is 2.12. The van der Waals surface area contributed by atoms with Crippen LogP contribution < -0.4 is 0 Å².